The van der Waals surface area contributed by atoms with Crippen LogP contribution in [0.25, 0.3) is 0 Å². The second kappa shape index (κ2) is 5.77. The van der Waals surface area contributed by atoms with Crippen molar-refractivity contribution >= 4 is 17.2 Å². The molecule has 2 heterocycles. The van der Waals surface area contributed by atoms with Crippen molar-refractivity contribution in [2.45, 2.75) is 6.04 Å². The monoisotopic (exact) mass is 286 g/mol. The van der Waals surface area contributed by atoms with E-state index in [-0.39, 0.29) is 11.9 Å². The van der Waals surface area contributed by atoms with E-state index in [1.165, 1.54) is 16.9 Å². The van der Waals surface area contributed by atoms with Crippen molar-refractivity contribution in [1.29, 1.82) is 0 Å². The minimum absolute atomic E-state index is 0.161. The molecular weight excluding hydrogens is 268 g/mol. The second-order valence-electron chi connectivity index (χ2n) is 5.14. The van der Waals surface area contributed by atoms with E-state index in [1.54, 1.807) is 0 Å². The summed E-state index contributed by atoms with van der Waals surface area (Å²) >= 11 is 1.52. The van der Waals surface area contributed by atoms with E-state index in [9.17, 15) is 4.79 Å². The third-order valence-corrected chi connectivity index (χ3v) is 4.71. The number of thiophene rings is 1. The molecule has 0 saturated carbocycles. The largest absolute Gasteiger partial charge is 0.335 e. The maximum absolute atomic E-state index is 12.5. The Morgan fingerprint density at radius 3 is 2.65 bits per heavy atom. The molecule has 4 heteroatoms. The number of amides is 1. The van der Waals surface area contributed by atoms with E-state index in [0.717, 1.165) is 24.5 Å². The molecule has 1 aromatic carbocycles. The van der Waals surface area contributed by atoms with Crippen molar-refractivity contribution in [1.82, 2.24) is 9.80 Å². The van der Waals surface area contributed by atoms with Gasteiger partial charge in [-0.25, -0.2) is 0 Å². The van der Waals surface area contributed by atoms with Gasteiger partial charge in [-0.1, -0.05) is 36.4 Å². The summed E-state index contributed by atoms with van der Waals surface area (Å²) in [6.07, 6.45) is 0. The van der Waals surface area contributed by atoms with Gasteiger partial charge in [0.1, 0.15) is 0 Å². The lowest BCUT2D eigenvalue weighted by atomic mass is 10.0. The third kappa shape index (κ3) is 2.62. The highest BCUT2D eigenvalue weighted by molar-refractivity contribution is 7.12. The summed E-state index contributed by atoms with van der Waals surface area (Å²) in [4.78, 5) is 17.6. The lowest BCUT2D eigenvalue weighted by molar-refractivity contribution is 0.0551. The van der Waals surface area contributed by atoms with E-state index < -0.39 is 0 Å². The zero-order valence-corrected chi connectivity index (χ0v) is 12.3. The molecule has 1 aliphatic rings. The van der Waals surface area contributed by atoms with Crippen LogP contribution in [0.2, 0.25) is 0 Å². The van der Waals surface area contributed by atoms with Gasteiger partial charge in [0.15, 0.2) is 0 Å². The van der Waals surface area contributed by atoms with Gasteiger partial charge in [0, 0.05) is 19.6 Å². The molecule has 1 atom stereocenters. The van der Waals surface area contributed by atoms with Crippen LogP contribution in [0.4, 0.5) is 0 Å². The minimum atomic E-state index is 0.161. The van der Waals surface area contributed by atoms with Crippen molar-refractivity contribution in [3.8, 4) is 0 Å². The number of rotatable bonds is 2. The van der Waals surface area contributed by atoms with Crippen LogP contribution in [0.3, 0.4) is 0 Å². The summed E-state index contributed by atoms with van der Waals surface area (Å²) < 4.78 is 0. The highest BCUT2D eigenvalue weighted by Gasteiger charge is 2.29. The second-order valence-corrected chi connectivity index (χ2v) is 6.08. The van der Waals surface area contributed by atoms with Gasteiger partial charge in [-0.2, -0.15) is 0 Å². The molecule has 0 N–H and O–H groups in total. The van der Waals surface area contributed by atoms with E-state index in [2.05, 4.69) is 36.2 Å². The molecule has 1 unspecified atom stereocenters. The van der Waals surface area contributed by atoms with Crippen molar-refractivity contribution in [3.63, 3.8) is 0 Å². The fourth-order valence-corrected chi connectivity index (χ4v) is 3.34. The SMILES string of the molecule is CN1CCN(C(=O)c2cccs2)CC1c1ccccc1. The molecule has 20 heavy (non-hydrogen) atoms. The van der Waals surface area contributed by atoms with Gasteiger partial charge in [-0.3, -0.25) is 9.69 Å². The highest BCUT2D eigenvalue weighted by Crippen LogP contribution is 2.25. The van der Waals surface area contributed by atoms with Crippen LogP contribution in [0.5, 0.6) is 0 Å². The maximum Gasteiger partial charge on any atom is 0.264 e. The standard InChI is InChI=1S/C16H18N2OS/c1-17-9-10-18(16(19)15-8-5-11-20-15)12-14(17)13-6-3-2-4-7-13/h2-8,11,14H,9-10,12H2,1H3. The van der Waals surface area contributed by atoms with E-state index in [4.69, 9.17) is 0 Å². The summed E-state index contributed by atoms with van der Waals surface area (Å²) in [6.45, 7) is 2.48. The first-order valence-electron chi connectivity index (χ1n) is 6.83. The normalized spacial score (nSPS) is 20.1. The van der Waals surface area contributed by atoms with Crippen LogP contribution in [-0.2, 0) is 0 Å². The number of hydrogen-bond acceptors (Lipinski definition) is 3. The topological polar surface area (TPSA) is 23.6 Å². The average Bonchev–Trinajstić information content (AvgIpc) is 3.02. The zero-order valence-electron chi connectivity index (χ0n) is 11.5. The fourth-order valence-electron chi connectivity index (χ4n) is 2.65. The number of carbonyl (C=O) groups is 1. The predicted molar refractivity (Wildman–Crippen MR) is 82.0 cm³/mol. The molecule has 0 aliphatic carbocycles. The van der Waals surface area contributed by atoms with Gasteiger partial charge >= 0.3 is 0 Å². The van der Waals surface area contributed by atoms with Crippen molar-refractivity contribution in [2.75, 3.05) is 26.7 Å². The zero-order chi connectivity index (χ0) is 13.9. The van der Waals surface area contributed by atoms with Crippen LogP contribution >= 0.6 is 11.3 Å². The van der Waals surface area contributed by atoms with Crippen molar-refractivity contribution in [2.24, 2.45) is 0 Å². The number of carbonyl (C=O) groups excluding carboxylic acids is 1. The number of hydrogen-bond donors (Lipinski definition) is 0. The molecular formula is C16H18N2OS. The first kappa shape index (κ1) is 13.3. The maximum atomic E-state index is 12.5. The van der Waals surface area contributed by atoms with E-state index >= 15 is 0 Å². The first-order valence-corrected chi connectivity index (χ1v) is 7.71. The highest BCUT2D eigenvalue weighted by atomic mass is 32.1. The van der Waals surface area contributed by atoms with Gasteiger partial charge in [0.05, 0.1) is 10.9 Å². The van der Waals surface area contributed by atoms with Crippen molar-refractivity contribution < 1.29 is 4.79 Å². The van der Waals surface area contributed by atoms with Gasteiger partial charge in [0.25, 0.3) is 5.91 Å². The molecule has 3 nitrogen and oxygen atoms in total. The molecule has 0 radical (unpaired) electrons. The lowest BCUT2D eigenvalue weighted by Gasteiger charge is -2.39. The van der Waals surface area contributed by atoms with Gasteiger partial charge in [-0.05, 0) is 24.1 Å². The first-order chi connectivity index (χ1) is 9.75. The lowest BCUT2D eigenvalue weighted by Crippen LogP contribution is -2.48. The Balaban J connectivity index is 1.78. The summed E-state index contributed by atoms with van der Waals surface area (Å²) in [5, 5.41) is 1.96. The average molecular weight is 286 g/mol. The smallest absolute Gasteiger partial charge is 0.264 e. The number of benzene rings is 1. The molecule has 1 amide bonds. The molecule has 1 fully saturated rings. The quantitative estimate of drug-likeness (QED) is 0.847. The van der Waals surface area contributed by atoms with Crippen LogP contribution in [0, 0.1) is 0 Å². The number of likely N-dealkylation sites (N-methyl/N-ethyl adjacent to an activating group) is 1. The number of nitrogens with zero attached hydrogens (tertiary/aromatic N) is 2. The van der Waals surface area contributed by atoms with Gasteiger partial charge in [-0.15, -0.1) is 11.3 Å². The molecule has 2 aromatic rings. The Kier molecular flexibility index (Phi) is 3.85. The number of piperazine rings is 1. The Morgan fingerprint density at radius 2 is 1.95 bits per heavy atom. The molecule has 1 aliphatic heterocycles. The molecule has 1 aromatic heterocycles. The predicted octanol–water partition coefficient (Wildman–Crippen LogP) is 2.88. The summed E-state index contributed by atoms with van der Waals surface area (Å²) in [7, 11) is 2.13. The Labute approximate surface area is 123 Å². The Morgan fingerprint density at radius 1 is 1.15 bits per heavy atom. The Hall–Kier alpha value is -1.65. The van der Waals surface area contributed by atoms with Crippen LogP contribution in [0.15, 0.2) is 47.8 Å². The molecule has 1 saturated heterocycles. The molecule has 0 bridgehead atoms. The van der Waals surface area contributed by atoms with E-state index in [0.29, 0.717) is 0 Å². The van der Waals surface area contributed by atoms with Crippen LogP contribution < -0.4 is 0 Å². The summed E-state index contributed by atoms with van der Waals surface area (Å²) in [5.74, 6) is 0.161. The molecule has 3 rings (SSSR count). The summed E-state index contributed by atoms with van der Waals surface area (Å²) in [6, 6.07) is 14.5. The summed E-state index contributed by atoms with van der Waals surface area (Å²) in [5.41, 5.74) is 1.28. The van der Waals surface area contributed by atoms with Crippen LogP contribution in [0.1, 0.15) is 21.3 Å². The fraction of sp³-hybridized carbons (Fsp3) is 0.312. The van der Waals surface area contributed by atoms with E-state index in [1.807, 2.05) is 28.5 Å². The molecule has 0 spiro atoms. The Bertz CT molecular complexity index is 567. The minimum Gasteiger partial charge on any atom is -0.335 e. The van der Waals surface area contributed by atoms with Gasteiger partial charge < -0.3 is 4.90 Å². The van der Waals surface area contributed by atoms with Crippen LogP contribution in [-0.4, -0.2) is 42.4 Å². The molecule has 104 valence electrons. The van der Waals surface area contributed by atoms with Gasteiger partial charge in [0.2, 0.25) is 0 Å². The van der Waals surface area contributed by atoms with Crippen molar-refractivity contribution in [3.05, 3.63) is 58.3 Å². The third-order valence-electron chi connectivity index (χ3n) is 3.85.